The van der Waals surface area contributed by atoms with Crippen LogP contribution in [0.25, 0.3) is 27.3 Å². The van der Waals surface area contributed by atoms with Gasteiger partial charge >= 0.3 is 0 Å². The number of carbonyl (C=O) groups is 1. The smallest absolute Gasteiger partial charge is 0.275 e. The SMILES string of the molecule is CCOc1ccc(-c2nc(C(=O)Nc3ccccc3-n3ncc4c(=O)[nH]cnc43)cs2)cc1. The summed E-state index contributed by atoms with van der Waals surface area (Å²) in [6, 6.07) is 14.8. The molecule has 0 saturated heterocycles. The fraction of sp³-hybridized carbons (Fsp3) is 0.0870. The molecule has 0 atom stereocenters. The highest BCUT2D eigenvalue weighted by Gasteiger charge is 2.16. The van der Waals surface area contributed by atoms with Crippen molar-refractivity contribution < 1.29 is 9.53 Å². The van der Waals surface area contributed by atoms with Crippen molar-refractivity contribution in [3.05, 3.63) is 82.5 Å². The number of nitrogens with one attached hydrogen (secondary N) is 2. The highest BCUT2D eigenvalue weighted by Crippen LogP contribution is 2.27. The predicted octanol–water partition coefficient (Wildman–Crippen LogP) is 3.88. The van der Waals surface area contributed by atoms with Crippen molar-refractivity contribution in [3.63, 3.8) is 0 Å². The van der Waals surface area contributed by atoms with Crippen LogP contribution in [0.1, 0.15) is 17.4 Å². The van der Waals surface area contributed by atoms with Crippen LogP contribution in [0, 0.1) is 0 Å². The Bertz CT molecular complexity index is 1500. The zero-order valence-electron chi connectivity index (χ0n) is 17.5. The summed E-state index contributed by atoms with van der Waals surface area (Å²) in [4.78, 5) is 36.2. The number of ether oxygens (including phenoxy) is 1. The minimum Gasteiger partial charge on any atom is -0.494 e. The Morgan fingerprint density at radius 1 is 1.18 bits per heavy atom. The first kappa shape index (κ1) is 20.6. The van der Waals surface area contributed by atoms with E-state index < -0.39 is 0 Å². The first-order valence-corrected chi connectivity index (χ1v) is 11.0. The molecule has 0 saturated carbocycles. The van der Waals surface area contributed by atoms with Crippen LogP contribution >= 0.6 is 11.3 Å². The van der Waals surface area contributed by atoms with Crippen LogP contribution < -0.4 is 15.6 Å². The maximum Gasteiger partial charge on any atom is 0.275 e. The van der Waals surface area contributed by atoms with E-state index in [4.69, 9.17) is 4.74 Å². The number of benzene rings is 2. The van der Waals surface area contributed by atoms with Gasteiger partial charge in [0.05, 0.1) is 30.5 Å². The summed E-state index contributed by atoms with van der Waals surface area (Å²) in [6.45, 7) is 2.53. The van der Waals surface area contributed by atoms with Crippen LogP contribution in [0.4, 0.5) is 5.69 Å². The molecule has 0 aliphatic heterocycles. The normalized spacial score (nSPS) is 10.9. The van der Waals surface area contributed by atoms with E-state index in [2.05, 4.69) is 25.4 Å². The van der Waals surface area contributed by atoms with E-state index in [9.17, 15) is 9.59 Å². The molecule has 0 spiro atoms. The molecular weight excluding hydrogens is 440 g/mol. The molecule has 3 aromatic heterocycles. The molecule has 0 fully saturated rings. The van der Waals surface area contributed by atoms with Gasteiger partial charge in [-0.25, -0.2) is 14.6 Å². The summed E-state index contributed by atoms with van der Waals surface area (Å²) in [5.41, 5.74) is 2.43. The summed E-state index contributed by atoms with van der Waals surface area (Å²) >= 11 is 1.39. The number of aromatic nitrogens is 5. The molecule has 2 aromatic carbocycles. The zero-order chi connectivity index (χ0) is 22.8. The number of H-pyrrole nitrogens is 1. The van der Waals surface area contributed by atoms with Crippen LogP contribution in [0.5, 0.6) is 5.75 Å². The average Bonchev–Trinajstić information content (AvgIpc) is 3.49. The molecule has 9 nitrogen and oxygen atoms in total. The summed E-state index contributed by atoms with van der Waals surface area (Å²) in [5.74, 6) is 0.438. The summed E-state index contributed by atoms with van der Waals surface area (Å²) < 4.78 is 6.99. The van der Waals surface area contributed by atoms with Gasteiger partial charge in [0.2, 0.25) is 0 Å². The van der Waals surface area contributed by atoms with E-state index in [0.29, 0.717) is 34.7 Å². The summed E-state index contributed by atoms with van der Waals surface area (Å²) in [6.07, 6.45) is 2.77. The molecule has 33 heavy (non-hydrogen) atoms. The number of carbonyl (C=O) groups excluding carboxylic acids is 1. The number of rotatable bonds is 6. The number of hydrogen-bond donors (Lipinski definition) is 2. The van der Waals surface area contributed by atoms with Crippen molar-refractivity contribution in [3.8, 4) is 22.0 Å². The standard InChI is InChI=1S/C23H18N6O3S/c1-2-32-15-9-7-14(8-10-15)23-28-18(12-33-23)22(31)27-17-5-3-4-6-19(17)29-20-16(11-26-29)21(30)25-13-24-20/h3-13H,2H2,1H3,(H,27,31)(H,24,25,30). The third-order valence-electron chi connectivity index (χ3n) is 4.90. The Balaban J connectivity index is 1.41. The number of para-hydroxylation sites is 2. The van der Waals surface area contributed by atoms with Gasteiger partial charge in [0, 0.05) is 10.9 Å². The number of amides is 1. The molecule has 3 heterocycles. The number of thiazole rings is 1. The van der Waals surface area contributed by atoms with Crippen LogP contribution in [0.15, 0.2) is 71.2 Å². The molecule has 0 bridgehead atoms. The number of nitrogens with zero attached hydrogens (tertiary/aromatic N) is 4. The number of fused-ring (bicyclic) bond motifs is 1. The van der Waals surface area contributed by atoms with Crippen molar-refractivity contribution in [1.29, 1.82) is 0 Å². The lowest BCUT2D eigenvalue weighted by atomic mass is 10.2. The molecular formula is C23H18N6O3S. The van der Waals surface area contributed by atoms with Crippen molar-refractivity contribution in [2.75, 3.05) is 11.9 Å². The molecule has 164 valence electrons. The van der Waals surface area contributed by atoms with Crippen LogP contribution in [-0.2, 0) is 0 Å². The third-order valence-corrected chi connectivity index (χ3v) is 5.79. The van der Waals surface area contributed by atoms with E-state index >= 15 is 0 Å². The quantitative estimate of drug-likeness (QED) is 0.399. The largest absolute Gasteiger partial charge is 0.494 e. The van der Waals surface area contributed by atoms with Gasteiger partial charge in [-0.2, -0.15) is 5.10 Å². The number of anilines is 1. The predicted molar refractivity (Wildman–Crippen MR) is 126 cm³/mol. The first-order valence-electron chi connectivity index (χ1n) is 10.1. The van der Waals surface area contributed by atoms with Crippen molar-refractivity contribution in [2.45, 2.75) is 6.92 Å². The molecule has 1 amide bonds. The minimum atomic E-state index is -0.349. The second-order valence-corrected chi connectivity index (χ2v) is 7.85. The van der Waals surface area contributed by atoms with E-state index in [0.717, 1.165) is 16.3 Å². The van der Waals surface area contributed by atoms with Crippen LogP contribution in [-0.4, -0.2) is 37.2 Å². The van der Waals surface area contributed by atoms with Crippen molar-refractivity contribution in [1.82, 2.24) is 24.7 Å². The van der Waals surface area contributed by atoms with Crippen LogP contribution in [0.2, 0.25) is 0 Å². The second kappa shape index (κ2) is 8.67. The lowest BCUT2D eigenvalue weighted by molar-refractivity contribution is 0.102. The zero-order valence-corrected chi connectivity index (χ0v) is 18.3. The first-order chi connectivity index (χ1) is 16.1. The van der Waals surface area contributed by atoms with Gasteiger partial charge in [0.15, 0.2) is 5.65 Å². The fourth-order valence-corrected chi connectivity index (χ4v) is 4.16. The molecule has 0 aliphatic carbocycles. The van der Waals surface area contributed by atoms with Gasteiger partial charge in [-0.1, -0.05) is 12.1 Å². The van der Waals surface area contributed by atoms with Gasteiger partial charge in [-0.15, -0.1) is 11.3 Å². The van der Waals surface area contributed by atoms with Crippen LogP contribution in [0.3, 0.4) is 0 Å². The van der Waals surface area contributed by atoms with Gasteiger partial charge in [-0.05, 0) is 43.3 Å². The Morgan fingerprint density at radius 2 is 2.00 bits per heavy atom. The van der Waals surface area contributed by atoms with Gasteiger partial charge in [-0.3, -0.25) is 9.59 Å². The molecule has 10 heteroatoms. The molecule has 0 unspecified atom stereocenters. The maximum atomic E-state index is 13.0. The van der Waals surface area contributed by atoms with E-state index in [1.807, 2.05) is 37.3 Å². The Kier molecular flexibility index (Phi) is 5.41. The highest BCUT2D eigenvalue weighted by atomic mass is 32.1. The average molecular weight is 459 g/mol. The molecule has 5 rings (SSSR count). The molecule has 0 radical (unpaired) electrons. The van der Waals surface area contributed by atoms with Gasteiger partial charge in [0.1, 0.15) is 21.8 Å². The van der Waals surface area contributed by atoms with E-state index in [1.54, 1.807) is 23.6 Å². The lowest BCUT2D eigenvalue weighted by Crippen LogP contribution is -2.15. The summed E-state index contributed by atoms with van der Waals surface area (Å²) in [5, 5.41) is 10.00. The lowest BCUT2D eigenvalue weighted by Gasteiger charge is -2.10. The van der Waals surface area contributed by atoms with E-state index in [1.165, 1.54) is 28.5 Å². The molecule has 0 aliphatic rings. The number of hydrogen-bond acceptors (Lipinski definition) is 7. The Labute approximate surface area is 191 Å². The Hall–Kier alpha value is -4.31. The highest BCUT2D eigenvalue weighted by molar-refractivity contribution is 7.13. The Morgan fingerprint density at radius 3 is 2.82 bits per heavy atom. The monoisotopic (exact) mass is 458 g/mol. The van der Waals surface area contributed by atoms with E-state index in [-0.39, 0.29) is 11.5 Å². The van der Waals surface area contributed by atoms with Gasteiger partial charge < -0.3 is 15.0 Å². The van der Waals surface area contributed by atoms with Crippen molar-refractivity contribution >= 4 is 34.0 Å². The molecule has 5 aromatic rings. The van der Waals surface area contributed by atoms with Gasteiger partial charge in [0.25, 0.3) is 11.5 Å². The van der Waals surface area contributed by atoms with Crippen molar-refractivity contribution in [2.24, 2.45) is 0 Å². The summed E-state index contributed by atoms with van der Waals surface area (Å²) in [7, 11) is 0. The molecule has 2 N–H and O–H groups in total. The minimum absolute atomic E-state index is 0.281. The number of aromatic amines is 1. The fourth-order valence-electron chi connectivity index (χ4n) is 3.35. The second-order valence-electron chi connectivity index (χ2n) is 6.99. The third kappa shape index (κ3) is 3.99. The topological polar surface area (TPSA) is 115 Å². The maximum absolute atomic E-state index is 13.0.